The molecule has 0 radical (unpaired) electrons. The van der Waals surface area contributed by atoms with E-state index in [1.165, 1.54) is 6.42 Å². The molecule has 0 amide bonds. The first-order valence-electron chi connectivity index (χ1n) is 7.76. The van der Waals surface area contributed by atoms with Gasteiger partial charge in [-0.15, -0.1) is 0 Å². The van der Waals surface area contributed by atoms with Gasteiger partial charge in [-0.1, -0.05) is 31.5 Å². The van der Waals surface area contributed by atoms with Gasteiger partial charge in [-0.3, -0.25) is 4.90 Å². The van der Waals surface area contributed by atoms with Crippen LogP contribution in [0, 0.1) is 11.8 Å². The van der Waals surface area contributed by atoms with Gasteiger partial charge in [0, 0.05) is 19.6 Å². The Morgan fingerprint density at radius 2 is 2.10 bits per heavy atom. The number of hydrogen-bond donors (Lipinski definition) is 2. The predicted molar refractivity (Wildman–Crippen MR) is 80.1 cm³/mol. The maximum Gasteiger partial charge on any atom is 0.336 e. The first kappa shape index (κ1) is 14.5. The van der Waals surface area contributed by atoms with Gasteiger partial charge in [-0.05, 0) is 36.3 Å². The highest BCUT2D eigenvalue weighted by atomic mass is 16.4. The highest BCUT2D eigenvalue weighted by Gasteiger charge is 2.49. The van der Waals surface area contributed by atoms with Gasteiger partial charge in [0.2, 0.25) is 0 Å². The molecule has 0 spiro atoms. The molecule has 1 aromatic rings. The van der Waals surface area contributed by atoms with Gasteiger partial charge in [0.25, 0.3) is 0 Å². The van der Waals surface area contributed by atoms with Crippen LogP contribution in [0.1, 0.15) is 42.1 Å². The summed E-state index contributed by atoms with van der Waals surface area (Å²) in [5.74, 6) is -0.209. The van der Waals surface area contributed by atoms with E-state index in [1.54, 1.807) is 12.1 Å². The van der Waals surface area contributed by atoms with Crippen molar-refractivity contribution in [3.8, 4) is 0 Å². The molecule has 1 aliphatic carbocycles. The van der Waals surface area contributed by atoms with Crippen LogP contribution < -0.4 is 0 Å². The largest absolute Gasteiger partial charge is 0.478 e. The molecule has 2 aliphatic rings. The third-order valence-corrected chi connectivity index (χ3v) is 5.32. The molecule has 2 N–H and O–H groups in total. The lowest BCUT2D eigenvalue weighted by molar-refractivity contribution is -0.0672. The third kappa shape index (κ3) is 2.58. The second-order valence-electron chi connectivity index (χ2n) is 6.65. The molecule has 1 heterocycles. The predicted octanol–water partition coefficient (Wildman–Crippen LogP) is 2.37. The zero-order valence-corrected chi connectivity index (χ0v) is 12.5. The first-order chi connectivity index (χ1) is 10.0. The fourth-order valence-electron chi connectivity index (χ4n) is 3.79. The van der Waals surface area contributed by atoms with Gasteiger partial charge >= 0.3 is 5.97 Å². The van der Waals surface area contributed by atoms with Crippen LogP contribution in [0.4, 0.5) is 0 Å². The van der Waals surface area contributed by atoms with Gasteiger partial charge in [-0.2, -0.15) is 0 Å². The summed E-state index contributed by atoms with van der Waals surface area (Å²) >= 11 is 0. The number of carboxylic acids is 1. The van der Waals surface area contributed by atoms with E-state index in [-0.39, 0.29) is 5.92 Å². The smallest absolute Gasteiger partial charge is 0.336 e. The number of carbonyl (C=O) groups is 1. The lowest BCUT2D eigenvalue weighted by Crippen LogP contribution is -2.47. The van der Waals surface area contributed by atoms with Crippen molar-refractivity contribution >= 4 is 5.97 Å². The molecule has 0 aromatic heterocycles. The highest BCUT2D eigenvalue weighted by Crippen LogP contribution is 2.44. The summed E-state index contributed by atoms with van der Waals surface area (Å²) in [7, 11) is 0. The number of aliphatic hydroxyl groups is 1. The number of carboxylic acid groups (broad SMARTS) is 1. The van der Waals surface area contributed by atoms with E-state index in [2.05, 4.69) is 11.8 Å². The van der Waals surface area contributed by atoms with E-state index in [0.29, 0.717) is 24.6 Å². The number of benzene rings is 1. The van der Waals surface area contributed by atoms with Crippen molar-refractivity contribution in [2.45, 2.75) is 38.3 Å². The van der Waals surface area contributed by atoms with Crippen molar-refractivity contribution in [3.63, 3.8) is 0 Å². The van der Waals surface area contributed by atoms with Crippen LogP contribution >= 0.6 is 0 Å². The first-order valence-corrected chi connectivity index (χ1v) is 7.76. The molecule has 1 saturated heterocycles. The summed E-state index contributed by atoms with van der Waals surface area (Å²) in [4.78, 5) is 13.5. The monoisotopic (exact) mass is 289 g/mol. The lowest BCUT2D eigenvalue weighted by atomic mass is 9.69. The van der Waals surface area contributed by atoms with Crippen molar-refractivity contribution in [3.05, 3.63) is 35.4 Å². The molecule has 1 aliphatic heterocycles. The van der Waals surface area contributed by atoms with Gasteiger partial charge in [-0.25, -0.2) is 4.79 Å². The molecule has 3 rings (SSSR count). The molecule has 0 unspecified atom stereocenters. The topological polar surface area (TPSA) is 60.8 Å². The number of aromatic carboxylic acids is 1. The van der Waals surface area contributed by atoms with E-state index in [1.807, 2.05) is 12.1 Å². The Balaban J connectivity index is 1.74. The SMILES string of the molecule is C[C@@H]1CN(Cc2ccccc2C(=O)O)C[C@@]1(O)C1CCC1. The molecule has 4 heteroatoms. The van der Waals surface area contributed by atoms with Crippen molar-refractivity contribution < 1.29 is 15.0 Å². The molecule has 114 valence electrons. The van der Waals surface area contributed by atoms with Crippen LogP contribution in [0.25, 0.3) is 0 Å². The number of likely N-dealkylation sites (tertiary alicyclic amines) is 1. The summed E-state index contributed by atoms with van der Waals surface area (Å²) in [6, 6.07) is 7.15. The van der Waals surface area contributed by atoms with E-state index in [9.17, 15) is 15.0 Å². The number of β-amino-alcohol motifs (C(OH)–C–C–N with tert-alkyl or cyclic N) is 1. The average molecular weight is 289 g/mol. The van der Waals surface area contributed by atoms with E-state index >= 15 is 0 Å². The van der Waals surface area contributed by atoms with Crippen LogP contribution in [-0.2, 0) is 6.54 Å². The molecule has 2 atom stereocenters. The quantitative estimate of drug-likeness (QED) is 0.893. The molecular weight excluding hydrogens is 266 g/mol. The fourth-order valence-corrected chi connectivity index (χ4v) is 3.79. The molecule has 2 fully saturated rings. The normalized spacial score (nSPS) is 30.3. The Kier molecular flexibility index (Phi) is 3.76. The summed E-state index contributed by atoms with van der Waals surface area (Å²) < 4.78 is 0. The van der Waals surface area contributed by atoms with Crippen LogP contribution in [0.15, 0.2) is 24.3 Å². The minimum absolute atomic E-state index is 0.250. The summed E-state index contributed by atoms with van der Waals surface area (Å²) in [5, 5.41) is 20.2. The van der Waals surface area contributed by atoms with Gasteiger partial charge in [0.1, 0.15) is 0 Å². The maximum absolute atomic E-state index is 11.3. The fraction of sp³-hybridized carbons (Fsp3) is 0.588. The van der Waals surface area contributed by atoms with Crippen LogP contribution in [0.3, 0.4) is 0 Å². The van der Waals surface area contributed by atoms with E-state index in [4.69, 9.17) is 0 Å². The Labute approximate surface area is 125 Å². The van der Waals surface area contributed by atoms with Gasteiger partial charge in [0.15, 0.2) is 0 Å². The van der Waals surface area contributed by atoms with Gasteiger partial charge in [0.05, 0.1) is 11.2 Å². The second kappa shape index (κ2) is 5.43. The summed E-state index contributed by atoms with van der Waals surface area (Å²) in [6.45, 7) is 4.21. The average Bonchev–Trinajstić information content (AvgIpc) is 2.63. The molecule has 1 saturated carbocycles. The second-order valence-corrected chi connectivity index (χ2v) is 6.65. The minimum Gasteiger partial charge on any atom is -0.478 e. The molecule has 1 aromatic carbocycles. The Morgan fingerprint density at radius 3 is 2.71 bits per heavy atom. The van der Waals surface area contributed by atoms with Crippen LogP contribution in [0.2, 0.25) is 0 Å². The molecule has 21 heavy (non-hydrogen) atoms. The molecule has 0 bridgehead atoms. The van der Waals surface area contributed by atoms with E-state index < -0.39 is 11.6 Å². The number of rotatable bonds is 4. The Bertz CT molecular complexity index is 541. The third-order valence-electron chi connectivity index (χ3n) is 5.32. The maximum atomic E-state index is 11.3. The van der Waals surface area contributed by atoms with Gasteiger partial charge < -0.3 is 10.2 Å². The Hall–Kier alpha value is -1.39. The Morgan fingerprint density at radius 1 is 1.38 bits per heavy atom. The van der Waals surface area contributed by atoms with E-state index in [0.717, 1.165) is 24.9 Å². The lowest BCUT2D eigenvalue weighted by Gasteiger charge is -2.41. The van der Waals surface area contributed by atoms with Crippen LogP contribution in [-0.4, -0.2) is 39.8 Å². The van der Waals surface area contributed by atoms with Crippen molar-refractivity contribution in [2.24, 2.45) is 11.8 Å². The number of hydrogen-bond acceptors (Lipinski definition) is 3. The van der Waals surface area contributed by atoms with Crippen molar-refractivity contribution in [1.82, 2.24) is 4.90 Å². The highest BCUT2D eigenvalue weighted by molar-refractivity contribution is 5.89. The number of nitrogens with zero attached hydrogens (tertiary/aromatic N) is 1. The zero-order chi connectivity index (χ0) is 15.0. The van der Waals surface area contributed by atoms with Crippen molar-refractivity contribution in [2.75, 3.05) is 13.1 Å². The summed E-state index contributed by atoms with van der Waals surface area (Å²) in [6.07, 6.45) is 3.47. The molecule has 4 nitrogen and oxygen atoms in total. The van der Waals surface area contributed by atoms with Crippen LogP contribution in [0.5, 0.6) is 0 Å². The minimum atomic E-state index is -0.882. The standard InChI is InChI=1S/C17H23NO3/c1-12-9-18(11-17(12,21)14-6-4-7-14)10-13-5-2-3-8-15(13)16(19)20/h2-3,5,8,12,14,21H,4,6-7,9-11H2,1H3,(H,19,20)/t12-,17+/m1/s1. The zero-order valence-electron chi connectivity index (χ0n) is 12.5. The molecular formula is C17H23NO3. The van der Waals surface area contributed by atoms with Crippen molar-refractivity contribution in [1.29, 1.82) is 0 Å². The summed E-state index contributed by atoms with van der Waals surface area (Å²) in [5.41, 5.74) is 0.607.